The van der Waals surface area contributed by atoms with Gasteiger partial charge in [0.15, 0.2) is 0 Å². The highest BCUT2D eigenvalue weighted by Crippen LogP contribution is 2.71. The van der Waals surface area contributed by atoms with Gasteiger partial charge in [0.25, 0.3) is 5.69 Å². The van der Waals surface area contributed by atoms with Crippen LogP contribution in [0.15, 0.2) is 41.6 Å². The van der Waals surface area contributed by atoms with Crippen LogP contribution in [0.4, 0.5) is 11.4 Å². The van der Waals surface area contributed by atoms with Crippen LogP contribution in [-0.2, 0) is 9.63 Å². The molecule has 35 heavy (non-hydrogen) atoms. The van der Waals surface area contributed by atoms with Gasteiger partial charge in [-0.15, -0.1) is 0 Å². The maximum absolute atomic E-state index is 13.7. The fourth-order valence-corrected chi connectivity index (χ4v) is 5.78. The van der Waals surface area contributed by atoms with Crippen LogP contribution >= 0.6 is 23.2 Å². The number of rotatable bonds is 5. The van der Waals surface area contributed by atoms with Crippen molar-refractivity contribution in [3.8, 4) is 0 Å². The number of benzene rings is 2. The van der Waals surface area contributed by atoms with E-state index in [1.807, 2.05) is 33.8 Å². The summed E-state index contributed by atoms with van der Waals surface area (Å²) in [7, 11) is 0. The van der Waals surface area contributed by atoms with Gasteiger partial charge < -0.3 is 10.2 Å². The number of hydrogen-bond donors (Lipinski definition) is 1. The minimum atomic E-state index is -0.838. The van der Waals surface area contributed by atoms with E-state index in [4.69, 9.17) is 28.0 Å². The Balaban J connectivity index is 1.60. The van der Waals surface area contributed by atoms with Crippen molar-refractivity contribution >= 4 is 52.2 Å². The number of nitrogens with zero attached hydrogens (tertiary/aromatic N) is 2. The first-order chi connectivity index (χ1) is 16.3. The van der Waals surface area contributed by atoms with Crippen LogP contribution in [0.25, 0.3) is 0 Å². The fourth-order valence-electron chi connectivity index (χ4n) is 5.42. The van der Waals surface area contributed by atoms with Crippen molar-refractivity contribution in [1.29, 1.82) is 0 Å². The maximum Gasteiger partial charge on any atom is 0.365 e. The molecule has 184 valence electrons. The largest absolute Gasteiger partial charge is 0.365 e. The minimum absolute atomic E-state index is 0.0399. The highest BCUT2D eigenvalue weighted by atomic mass is 35.5. The molecule has 0 radical (unpaired) electrons. The van der Waals surface area contributed by atoms with Gasteiger partial charge in [-0.3, -0.25) is 14.9 Å². The second-order valence-electron chi connectivity index (χ2n) is 9.97. The van der Waals surface area contributed by atoms with E-state index in [0.29, 0.717) is 35.7 Å². The molecular weight excluding hydrogens is 493 g/mol. The molecule has 2 fully saturated rings. The molecule has 10 heteroatoms. The average Bonchev–Trinajstić information content (AvgIpc) is 3.10. The first-order valence-corrected chi connectivity index (χ1v) is 11.9. The van der Waals surface area contributed by atoms with Gasteiger partial charge in [0.1, 0.15) is 5.02 Å². The molecule has 1 N–H and O–H groups in total. The molecule has 0 saturated heterocycles. The third-order valence-corrected chi connectivity index (χ3v) is 8.79. The Morgan fingerprint density at radius 2 is 1.83 bits per heavy atom. The molecular formula is C25H25Cl2N3O5. The number of carbonyl (C=O) groups is 2. The lowest BCUT2D eigenvalue weighted by Crippen LogP contribution is -2.43. The molecule has 2 bridgehead atoms. The van der Waals surface area contributed by atoms with E-state index in [1.54, 1.807) is 12.1 Å². The van der Waals surface area contributed by atoms with Gasteiger partial charge in [-0.1, -0.05) is 55.2 Å². The van der Waals surface area contributed by atoms with E-state index in [0.717, 1.165) is 11.6 Å². The smallest absolute Gasteiger partial charge is 0.325 e. The van der Waals surface area contributed by atoms with Crippen molar-refractivity contribution in [3.63, 3.8) is 0 Å². The summed E-state index contributed by atoms with van der Waals surface area (Å²) in [5.41, 5.74) is 0.0407. The van der Waals surface area contributed by atoms with Gasteiger partial charge in [-0.2, -0.15) is 0 Å². The summed E-state index contributed by atoms with van der Waals surface area (Å²) in [6.07, 6.45) is 1.69. The SMILES string of the molecule is Cc1ccc(Cl)cc1NC(=O)C12CCC(C)(/C(=N\OC(=O)c3ccc(Cl)c([N+](=O)[O-])c3)C1)C2(C)C. The lowest BCUT2D eigenvalue weighted by atomic mass is 9.64. The van der Waals surface area contributed by atoms with Crippen LogP contribution in [0.3, 0.4) is 0 Å². The van der Waals surface area contributed by atoms with Crippen LogP contribution in [0.5, 0.6) is 0 Å². The van der Waals surface area contributed by atoms with E-state index >= 15 is 0 Å². The lowest BCUT2D eigenvalue weighted by molar-refractivity contribution is -0.384. The number of amides is 1. The number of hydrogen-bond acceptors (Lipinski definition) is 6. The lowest BCUT2D eigenvalue weighted by Gasteiger charge is -2.39. The quantitative estimate of drug-likeness (QED) is 0.273. The van der Waals surface area contributed by atoms with Crippen LogP contribution in [0, 0.1) is 33.3 Å². The molecule has 2 unspecified atom stereocenters. The van der Waals surface area contributed by atoms with Crippen molar-refractivity contribution in [2.24, 2.45) is 21.4 Å². The highest BCUT2D eigenvalue weighted by molar-refractivity contribution is 6.32. The standard InChI is InChI=1S/C25H25Cl2N3O5/c1-14-5-7-16(26)12-18(14)28-22(32)25-10-9-24(4,23(25,2)3)20(13-25)29-35-21(31)15-6-8-17(27)19(11-15)30(33)34/h5-8,11-12H,9-10,13H2,1-4H3,(H,28,32)/b29-20-. The van der Waals surface area contributed by atoms with E-state index in [2.05, 4.69) is 10.5 Å². The number of oxime groups is 1. The zero-order valence-corrected chi connectivity index (χ0v) is 21.3. The van der Waals surface area contributed by atoms with Crippen LogP contribution in [0.1, 0.15) is 56.0 Å². The zero-order chi connectivity index (χ0) is 25.8. The molecule has 2 saturated carbocycles. The number of aryl methyl sites for hydroxylation is 1. The van der Waals surface area contributed by atoms with Crippen molar-refractivity contribution in [1.82, 2.24) is 0 Å². The molecule has 0 spiro atoms. The van der Waals surface area contributed by atoms with Crippen molar-refractivity contribution in [2.75, 3.05) is 5.32 Å². The number of carbonyl (C=O) groups excluding carboxylic acids is 2. The Labute approximate surface area is 212 Å². The van der Waals surface area contributed by atoms with Gasteiger partial charge in [-0.05, 0) is 55.0 Å². The Kier molecular flexibility index (Phi) is 6.18. The van der Waals surface area contributed by atoms with Gasteiger partial charge in [-0.25, -0.2) is 4.79 Å². The molecule has 2 atom stereocenters. The van der Waals surface area contributed by atoms with Crippen molar-refractivity contribution in [3.05, 3.63) is 67.7 Å². The first kappa shape index (κ1) is 25.1. The summed E-state index contributed by atoms with van der Waals surface area (Å²) in [6.45, 7) is 8.00. The Morgan fingerprint density at radius 3 is 2.51 bits per heavy atom. The van der Waals surface area contributed by atoms with Crippen LogP contribution in [0.2, 0.25) is 10.0 Å². The maximum atomic E-state index is 13.7. The first-order valence-electron chi connectivity index (χ1n) is 11.1. The fraction of sp³-hybridized carbons (Fsp3) is 0.400. The molecule has 2 aliphatic rings. The van der Waals surface area contributed by atoms with Crippen molar-refractivity contribution in [2.45, 2.75) is 47.0 Å². The molecule has 4 rings (SSSR count). The number of halogens is 2. The second kappa shape index (κ2) is 8.60. The van der Waals surface area contributed by atoms with Gasteiger partial charge >= 0.3 is 5.97 Å². The normalized spacial score (nSPS) is 25.5. The van der Waals surface area contributed by atoms with Crippen molar-refractivity contribution < 1.29 is 19.3 Å². The predicted molar refractivity (Wildman–Crippen MR) is 134 cm³/mol. The van der Waals surface area contributed by atoms with Crippen LogP contribution in [-0.4, -0.2) is 22.5 Å². The van der Waals surface area contributed by atoms with Gasteiger partial charge in [0.05, 0.1) is 21.6 Å². The number of nitro groups is 1. The summed E-state index contributed by atoms with van der Waals surface area (Å²) in [5, 5.41) is 18.8. The summed E-state index contributed by atoms with van der Waals surface area (Å²) in [4.78, 5) is 41.9. The molecule has 2 aliphatic carbocycles. The number of nitrogens with one attached hydrogen (secondary N) is 1. The summed E-state index contributed by atoms with van der Waals surface area (Å²) < 4.78 is 0. The van der Waals surface area contributed by atoms with Gasteiger partial charge in [0, 0.05) is 28.6 Å². The Bertz CT molecular complexity index is 1290. The topological polar surface area (TPSA) is 111 Å². The summed E-state index contributed by atoms with van der Waals surface area (Å²) in [5.74, 6) is -0.962. The Hall–Kier alpha value is -2.97. The number of fused-ring (bicyclic) bond motifs is 2. The average molecular weight is 518 g/mol. The molecule has 2 aromatic carbocycles. The molecule has 1 amide bonds. The predicted octanol–water partition coefficient (Wildman–Crippen LogP) is 6.58. The van der Waals surface area contributed by atoms with E-state index in [-0.39, 0.29) is 16.5 Å². The Morgan fingerprint density at radius 1 is 1.11 bits per heavy atom. The molecule has 0 aromatic heterocycles. The third-order valence-electron chi connectivity index (χ3n) is 8.23. The van der Waals surface area contributed by atoms with E-state index in [1.165, 1.54) is 12.1 Å². The molecule has 0 aliphatic heterocycles. The molecule has 0 heterocycles. The number of anilines is 1. The zero-order valence-electron chi connectivity index (χ0n) is 19.8. The summed E-state index contributed by atoms with van der Waals surface area (Å²) in [6, 6.07) is 9.01. The highest BCUT2D eigenvalue weighted by Gasteiger charge is 2.71. The van der Waals surface area contributed by atoms with Gasteiger partial charge in [0.2, 0.25) is 5.91 Å². The minimum Gasteiger partial charge on any atom is -0.325 e. The molecule has 2 aromatic rings. The van der Waals surface area contributed by atoms with E-state index < -0.39 is 32.8 Å². The molecule has 8 nitrogen and oxygen atoms in total. The second-order valence-corrected chi connectivity index (χ2v) is 10.8. The number of nitro benzene ring substituents is 1. The van der Waals surface area contributed by atoms with E-state index in [9.17, 15) is 19.7 Å². The van der Waals surface area contributed by atoms with Crippen LogP contribution < -0.4 is 5.32 Å². The monoisotopic (exact) mass is 517 g/mol. The third kappa shape index (κ3) is 3.89. The summed E-state index contributed by atoms with van der Waals surface area (Å²) >= 11 is 12.0.